The number of carbonyl (C=O) groups excluding carboxylic acids is 1. The van der Waals surface area contributed by atoms with Gasteiger partial charge < -0.3 is 9.64 Å². The largest absolute Gasteiger partial charge is 0.493 e. The first-order valence-corrected chi connectivity index (χ1v) is 7.83. The Morgan fingerprint density at radius 1 is 1.39 bits per heavy atom. The minimum Gasteiger partial charge on any atom is -0.493 e. The maximum atomic E-state index is 10.6. The Hall–Kier alpha value is -0.300. The average molecular weight is 424 g/mol. The van der Waals surface area contributed by atoms with Crippen LogP contribution in [0.1, 0.15) is 12.8 Å². The molecule has 1 aliphatic rings. The molecule has 18 heavy (non-hydrogen) atoms. The Morgan fingerprint density at radius 3 is 2.72 bits per heavy atom. The van der Waals surface area contributed by atoms with Crippen molar-refractivity contribution >= 4 is 44.9 Å². The molecule has 1 heterocycles. The molecule has 0 saturated carbocycles. The summed E-state index contributed by atoms with van der Waals surface area (Å²) in [6.45, 7) is 2.44. The van der Waals surface area contributed by atoms with Crippen LogP contribution in [0.15, 0.2) is 22.7 Å². The quantitative estimate of drug-likeness (QED) is 0.549. The molecule has 1 saturated heterocycles. The van der Waals surface area contributed by atoms with Crippen LogP contribution in [0, 0.1) is 9.49 Å². The average Bonchev–Trinajstić information content (AvgIpc) is 2.36. The van der Waals surface area contributed by atoms with Gasteiger partial charge in [0.25, 0.3) is 0 Å². The third-order valence-electron chi connectivity index (χ3n) is 3.12. The van der Waals surface area contributed by atoms with Crippen LogP contribution in [0.25, 0.3) is 0 Å². The van der Waals surface area contributed by atoms with E-state index in [1.165, 1.54) is 0 Å². The van der Waals surface area contributed by atoms with E-state index in [9.17, 15) is 4.79 Å². The van der Waals surface area contributed by atoms with Gasteiger partial charge in [0.1, 0.15) is 5.75 Å². The topological polar surface area (TPSA) is 29.5 Å². The monoisotopic (exact) mass is 423 g/mol. The van der Waals surface area contributed by atoms with E-state index in [1.807, 2.05) is 17.0 Å². The van der Waals surface area contributed by atoms with E-state index in [-0.39, 0.29) is 0 Å². The fourth-order valence-electron chi connectivity index (χ4n) is 2.05. The number of hydrogen-bond acceptors (Lipinski definition) is 2. The second kappa shape index (κ2) is 6.75. The van der Waals surface area contributed by atoms with Crippen molar-refractivity contribution < 1.29 is 9.53 Å². The smallest absolute Gasteiger partial charge is 0.209 e. The van der Waals surface area contributed by atoms with Gasteiger partial charge in [-0.1, -0.05) is 15.9 Å². The van der Waals surface area contributed by atoms with Gasteiger partial charge in [-0.2, -0.15) is 0 Å². The third-order valence-corrected chi connectivity index (χ3v) is 4.20. The lowest BCUT2D eigenvalue weighted by atomic mass is 9.98. The molecule has 2 rings (SSSR count). The van der Waals surface area contributed by atoms with E-state index in [2.05, 4.69) is 44.6 Å². The first kappa shape index (κ1) is 14.1. The fraction of sp³-hybridized carbons (Fsp3) is 0.462. The van der Waals surface area contributed by atoms with E-state index in [0.717, 1.165) is 52.7 Å². The Balaban J connectivity index is 1.83. The summed E-state index contributed by atoms with van der Waals surface area (Å²) in [5, 5.41) is 0. The van der Waals surface area contributed by atoms with Crippen LogP contribution in [0.5, 0.6) is 5.75 Å². The standard InChI is InChI=1S/C13H15BrINO2/c14-11-5-12(15)7-13(6-11)18-8-10-1-3-16(9-17)4-2-10/h5-7,9-10H,1-4,8H2. The number of piperidine rings is 1. The number of ether oxygens (including phenoxy) is 1. The zero-order valence-corrected chi connectivity index (χ0v) is 13.7. The Kier molecular flexibility index (Phi) is 5.29. The van der Waals surface area contributed by atoms with Crippen LogP contribution in [-0.4, -0.2) is 31.0 Å². The Bertz CT molecular complexity index is 399. The van der Waals surface area contributed by atoms with Crippen molar-refractivity contribution in [1.29, 1.82) is 0 Å². The van der Waals surface area contributed by atoms with Gasteiger partial charge in [0.2, 0.25) is 6.41 Å². The van der Waals surface area contributed by atoms with Crippen LogP contribution < -0.4 is 4.74 Å². The summed E-state index contributed by atoms with van der Waals surface area (Å²) in [4.78, 5) is 12.4. The van der Waals surface area contributed by atoms with Crippen LogP contribution in [0.2, 0.25) is 0 Å². The zero-order chi connectivity index (χ0) is 13.0. The molecule has 0 radical (unpaired) electrons. The molecular formula is C13H15BrINO2. The molecule has 1 fully saturated rings. The lowest BCUT2D eigenvalue weighted by Crippen LogP contribution is -2.34. The van der Waals surface area contributed by atoms with Crippen molar-refractivity contribution in [2.24, 2.45) is 5.92 Å². The summed E-state index contributed by atoms with van der Waals surface area (Å²) in [5.41, 5.74) is 0. The molecule has 0 aromatic heterocycles. The number of halogens is 2. The molecule has 0 N–H and O–H groups in total. The first-order chi connectivity index (χ1) is 8.67. The number of likely N-dealkylation sites (tertiary alicyclic amines) is 1. The highest BCUT2D eigenvalue weighted by atomic mass is 127. The number of nitrogens with zero attached hydrogens (tertiary/aromatic N) is 1. The van der Waals surface area contributed by atoms with Gasteiger partial charge in [-0.3, -0.25) is 4.79 Å². The predicted molar refractivity (Wildman–Crippen MR) is 82.7 cm³/mol. The zero-order valence-electron chi connectivity index (χ0n) is 9.94. The number of carbonyl (C=O) groups is 1. The second-order valence-corrected chi connectivity index (χ2v) is 6.66. The molecule has 0 bridgehead atoms. The maximum Gasteiger partial charge on any atom is 0.209 e. The van der Waals surface area contributed by atoms with Crippen molar-refractivity contribution in [2.75, 3.05) is 19.7 Å². The molecule has 5 heteroatoms. The van der Waals surface area contributed by atoms with Gasteiger partial charge in [0, 0.05) is 21.1 Å². The fourth-order valence-corrected chi connectivity index (χ4v) is 3.59. The number of benzene rings is 1. The second-order valence-electron chi connectivity index (χ2n) is 4.50. The van der Waals surface area contributed by atoms with Crippen molar-refractivity contribution in [3.63, 3.8) is 0 Å². The molecule has 1 aromatic rings. The van der Waals surface area contributed by atoms with Crippen LogP contribution >= 0.6 is 38.5 Å². The van der Waals surface area contributed by atoms with E-state index in [1.54, 1.807) is 0 Å². The minimum absolute atomic E-state index is 0.554. The molecule has 98 valence electrons. The summed E-state index contributed by atoms with van der Waals surface area (Å²) in [6.07, 6.45) is 3.00. The SMILES string of the molecule is O=CN1CCC(COc2cc(Br)cc(I)c2)CC1. The van der Waals surface area contributed by atoms with Gasteiger partial charge in [-0.15, -0.1) is 0 Å². The van der Waals surface area contributed by atoms with Gasteiger partial charge in [-0.25, -0.2) is 0 Å². The molecule has 0 spiro atoms. The molecule has 0 atom stereocenters. The van der Waals surface area contributed by atoms with Crippen molar-refractivity contribution in [2.45, 2.75) is 12.8 Å². The van der Waals surface area contributed by atoms with Gasteiger partial charge in [0.15, 0.2) is 0 Å². The van der Waals surface area contributed by atoms with Gasteiger partial charge in [-0.05, 0) is 59.5 Å². The van der Waals surface area contributed by atoms with Crippen LogP contribution in [0.4, 0.5) is 0 Å². The Labute approximate surface area is 129 Å². The third kappa shape index (κ3) is 4.12. The van der Waals surface area contributed by atoms with Crippen LogP contribution in [0.3, 0.4) is 0 Å². The normalized spacial score (nSPS) is 16.7. The van der Waals surface area contributed by atoms with E-state index < -0.39 is 0 Å². The molecule has 0 aliphatic carbocycles. The van der Waals surface area contributed by atoms with Crippen molar-refractivity contribution in [3.05, 3.63) is 26.2 Å². The lowest BCUT2D eigenvalue weighted by molar-refractivity contribution is -0.119. The number of rotatable bonds is 4. The highest BCUT2D eigenvalue weighted by Crippen LogP contribution is 2.24. The first-order valence-electron chi connectivity index (χ1n) is 5.95. The molecule has 1 aliphatic heterocycles. The van der Waals surface area contributed by atoms with Gasteiger partial charge >= 0.3 is 0 Å². The maximum absolute atomic E-state index is 10.6. The summed E-state index contributed by atoms with van der Waals surface area (Å²) >= 11 is 5.74. The molecule has 1 amide bonds. The molecule has 0 unspecified atom stereocenters. The van der Waals surface area contributed by atoms with E-state index in [0.29, 0.717) is 5.92 Å². The molecular weight excluding hydrogens is 409 g/mol. The predicted octanol–water partition coefficient (Wildman–Crippen LogP) is 3.30. The molecule has 3 nitrogen and oxygen atoms in total. The number of amides is 1. The van der Waals surface area contributed by atoms with E-state index in [4.69, 9.17) is 4.74 Å². The van der Waals surface area contributed by atoms with Crippen molar-refractivity contribution in [3.8, 4) is 5.75 Å². The lowest BCUT2D eigenvalue weighted by Gasteiger charge is -2.29. The number of hydrogen-bond donors (Lipinski definition) is 0. The van der Waals surface area contributed by atoms with E-state index >= 15 is 0 Å². The summed E-state index contributed by atoms with van der Waals surface area (Å²) in [6, 6.07) is 6.07. The minimum atomic E-state index is 0.554. The Morgan fingerprint density at radius 2 is 2.11 bits per heavy atom. The van der Waals surface area contributed by atoms with Gasteiger partial charge in [0.05, 0.1) is 6.61 Å². The molecule has 1 aromatic carbocycles. The summed E-state index contributed by atoms with van der Waals surface area (Å²) in [7, 11) is 0. The van der Waals surface area contributed by atoms with Crippen molar-refractivity contribution in [1.82, 2.24) is 4.90 Å². The van der Waals surface area contributed by atoms with Crippen LogP contribution in [-0.2, 0) is 4.79 Å². The summed E-state index contributed by atoms with van der Waals surface area (Å²) in [5.74, 6) is 1.46. The highest BCUT2D eigenvalue weighted by molar-refractivity contribution is 14.1. The summed E-state index contributed by atoms with van der Waals surface area (Å²) < 4.78 is 8.04. The highest BCUT2D eigenvalue weighted by Gasteiger charge is 2.18.